The normalized spacial score (nSPS) is 14.2. The Morgan fingerprint density at radius 3 is 2.95 bits per heavy atom. The van der Waals surface area contributed by atoms with Crippen LogP contribution in [0.3, 0.4) is 0 Å². The third-order valence-corrected chi connectivity index (χ3v) is 3.30. The Morgan fingerprint density at radius 2 is 2.25 bits per heavy atom. The van der Waals surface area contributed by atoms with Crippen molar-refractivity contribution >= 4 is 11.7 Å². The zero-order chi connectivity index (χ0) is 14.1. The lowest BCUT2D eigenvalue weighted by Crippen LogP contribution is -2.17. The molecular weight excluding hydrogens is 261 g/mol. The zero-order valence-corrected chi connectivity index (χ0v) is 10.7. The van der Waals surface area contributed by atoms with Crippen LogP contribution in [0.1, 0.15) is 23.2 Å². The standard InChI is InChI=1S/C14H14FN3O2/c15-10-2-1-3-11(19)13(10)14(20)17-12-6-7-16-18(12)8-9-4-5-9/h1-3,6-7,9,19H,4-5,8H2,(H,17,20). The topological polar surface area (TPSA) is 67.2 Å². The maximum Gasteiger partial charge on any atom is 0.263 e. The molecule has 6 heteroatoms. The van der Waals surface area contributed by atoms with Gasteiger partial charge in [0.15, 0.2) is 0 Å². The number of aromatic nitrogens is 2. The summed E-state index contributed by atoms with van der Waals surface area (Å²) in [4.78, 5) is 12.1. The van der Waals surface area contributed by atoms with E-state index in [0.29, 0.717) is 11.7 Å². The number of anilines is 1. The second kappa shape index (κ2) is 4.96. The van der Waals surface area contributed by atoms with E-state index < -0.39 is 11.7 Å². The van der Waals surface area contributed by atoms with Gasteiger partial charge in [-0.3, -0.25) is 4.79 Å². The van der Waals surface area contributed by atoms with Gasteiger partial charge < -0.3 is 10.4 Å². The molecule has 3 rings (SSSR count). The van der Waals surface area contributed by atoms with E-state index in [9.17, 15) is 14.3 Å². The minimum absolute atomic E-state index is 0.355. The number of nitrogens with one attached hydrogen (secondary N) is 1. The predicted molar refractivity (Wildman–Crippen MR) is 71.0 cm³/mol. The van der Waals surface area contributed by atoms with Crippen LogP contribution in [0.5, 0.6) is 5.75 Å². The number of halogens is 1. The number of amides is 1. The second-order valence-electron chi connectivity index (χ2n) is 4.93. The van der Waals surface area contributed by atoms with Crippen molar-refractivity contribution in [1.29, 1.82) is 0 Å². The van der Waals surface area contributed by atoms with Crippen LogP contribution in [0.15, 0.2) is 30.5 Å². The summed E-state index contributed by atoms with van der Waals surface area (Å²) in [7, 11) is 0. The quantitative estimate of drug-likeness (QED) is 0.900. The average molecular weight is 275 g/mol. The van der Waals surface area contributed by atoms with E-state index in [4.69, 9.17) is 0 Å². The van der Waals surface area contributed by atoms with Crippen molar-refractivity contribution < 1.29 is 14.3 Å². The van der Waals surface area contributed by atoms with E-state index in [1.807, 2.05) is 0 Å². The molecule has 1 aliphatic carbocycles. The molecule has 2 aromatic rings. The maximum absolute atomic E-state index is 13.6. The van der Waals surface area contributed by atoms with Crippen LogP contribution in [0, 0.1) is 11.7 Å². The summed E-state index contributed by atoms with van der Waals surface area (Å²) >= 11 is 0. The number of phenolic OH excluding ortho intramolecular Hbond substituents is 1. The lowest BCUT2D eigenvalue weighted by Gasteiger charge is -2.09. The highest BCUT2D eigenvalue weighted by atomic mass is 19.1. The lowest BCUT2D eigenvalue weighted by molar-refractivity contribution is 0.101. The van der Waals surface area contributed by atoms with Gasteiger partial charge in [-0.2, -0.15) is 5.10 Å². The van der Waals surface area contributed by atoms with Crippen LogP contribution in [-0.2, 0) is 6.54 Å². The number of phenols is 1. The molecule has 0 unspecified atom stereocenters. The molecule has 104 valence electrons. The Balaban J connectivity index is 1.80. The average Bonchev–Trinajstić information content (AvgIpc) is 3.10. The summed E-state index contributed by atoms with van der Waals surface area (Å²) < 4.78 is 15.3. The number of benzene rings is 1. The molecule has 1 heterocycles. The Labute approximate surface area is 115 Å². The van der Waals surface area contributed by atoms with Gasteiger partial charge in [-0.15, -0.1) is 0 Å². The molecule has 1 aromatic heterocycles. The van der Waals surface area contributed by atoms with Gasteiger partial charge in [0.2, 0.25) is 0 Å². The molecule has 1 aromatic carbocycles. The highest BCUT2D eigenvalue weighted by Gasteiger charge is 2.24. The number of carbonyl (C=O) groups excluding carboxylic acids is 1. The molecule has 2 N–H and O–H groups in total. The van der Waals surface area contributed by atoms with E-state index in [1.165, 1.54) is 25.0 Å². The minimum atomic E-state index is -0.754. The predicted octanol–water partition coefficient (Wildman–Crippen LogP) is 2.39. The first-order valence-corrected chi connectivity index (χ1v) is 6.46. The number of hydrogen-bond acceptors (Lipinski definition) is 3. The molecule has 0 radical (unpaired) electrons. The summed E-state index contributed by atoms with van der Waals surface area (Å²) in [5.41, 5.74) is -0.355. The molecule has 0 spiro atoms. The van der Waals surface area contributed by atoms with E-state index in [1.54, 1.807) is 16.9 Å². The van der Waals surface area contributed by atoms with Crippen molar-refractivity contribution in [2.45, 2.75) is 19.4 Å². The number of rotatable bonds is 4. The van der Waals surface area contributed by atoms with Crippen molar-refractivity contribution in [3.8, 4) is 5.75 Å². The van der Waals surface area contributed by atoms with Crippen LogP contribution in [0.2, 0.25) is 0 Å². The van der Waals surface area contributed by atoms with Crippen LogP contribution < -0.4 is 5.32 Å². The Hall–Kier alpha value is -2.37. The Bertz CT molecular complexity index is 629. The van der Waals surface area contributed by atoms with E-state index in [-0.39, 0.29) is 11.3 Å². The van der Waals surface area contributed by atoms with Crippen LogP contribution in [-0.4, -0.2) is 20.8 Å². The zero-order valence-electron chi connectivity index (χ0n) is 10.7. The summed E-state index contributed by atoms with van der Waals surface area (Å²) in [6, 6.07) is 5.41. The number of carbonyl (C=O) groups is 1. The molecule has 0 saturated heterocycles. The summed E-state index contributed by atoms with van der Waals surface area (Å²) in [5.74, 6) is -0.707. The molecule has 0 aliphatic heterocycles. The third kappa shape index (κ3) is 2.49. The summed E-state index contributed by atoms with van der Waals surface area (Å²) in [5, 5.41) is 16.3. The van der Waals surface area contributed by atoms with Crippen LogP contribution in [0.4, 0.5) is 10.2 Å². The SMILES string of the molecule is O=C(Nc1ccnn1CC1CC1)c1c(O)cccc1F. The minimum Gasteiger partial charge on any atom is -0.507 e. The maximum atomic E-state index is 13.6. The monoisotopic (exact) mass is 275 g/mol. The number of nitrogens with zero attached hydrogens (tertiary/aromatic N) is 2. The van der Waals surface area contributed by atoms with Gasteiger partial charge in [0.25, 0.3) is 5.91 Å². The van der Waals surface area contributed by atoms with Gasteiger partial charge in [0, 0.05) is 12.6 Å². The summed E-state index contributed by atoms with van der Waals surface area (Å²) in [6.07, 6.45) is 3.92. The second-order valence-corrected chi connectivity index (χ2v) is 4.93. The Kier molecular flexibility index (Phi) is 3.14. The molecule has 1 saturated carbocycles. The first-order valence-electron chi connectivity index (χ1n) is 6.46. The highest BCUT2D eigenvalue weighted by Crippen LogP contribution is 2.31. The van der Waals surface area contributed by atoms with E-state index >= 15 is 0 Å². The van der Waals surface area contributed by atoms with Crippen molar-refractivity contribution in [3.63, 3.8) is 0 Å². The van der Waals surface area contributed by atoms with Gasteiger partial charge >= 0.3 is 0 Å². The summed E-state index contributed by atoms with van der Waals surface area (Å²) in [6.45, 7) is 0.742. The molecule has 5 nitrogen and oxygen atoms in total. The molecular formula is C14H14FN3O2. The lowest BCUT2D eigenvalue weighted by atomic mass is 10.1. The molecule has 1 fully saturated rings. The number of aromatic hydroxyl groups is 1. The van der Waals surface area contributed by atoms with Crippen LogP contribution >= 0.6 is 0 Å². The van der Waals surface area contributed by atoms with Gasteiger partial charge in [0.05, 0.1) is 6.20 Å². The number of hydrogen-bond donors (Lipinski definition) is 2. The van der Waals surface area contributed by atoms with Crippen LogP contribution in [0.25, 0.3) is 0 Å². The molecule has 20 heavy (non-hydrogen) atoms. The fourth-order valence-electron chi connectivity index (χ4n) is 2.05. The van der Waals surface area contributed by atoms with Crippen molar-refractivity contribution in [2.24, 2.45) is 5.92 Å². The largest absolute Gasteiger partial charge is 0.507 e. The van der Waals surface area contributed by atoms with Crippen molar-refractivity contribution in [2.75, 3.05) is 5.32 Å². The van der Waals surface area contributed by atoms with E-state index in [0.717, 1.165) is 12.6 Å². The molecule has 0 atom stereocenters. The first-order chi connectivity index (χ1) is 9.65. The van der Waals surface area contributed by atoms with Crippen molar-refractivity contribution in [1.82, 2.24) is 9.78 Å². The molecule has 0 bridgehead atoms. The van der Waals surface area contributed by atoms with Gasteiger partial charge in [-0.25, -0.2) is 9.07 Å². The highest BCUT2D eigenvalue weighted by molar-refractivity contribution is 6.05. The first kappa shape index (κ1) is 12.7. The fraction of sp³-hybridized carbons (Fsp3) is 0.286. The fourth-order valence-corrected chi connectivity index (χ4v) is 2.05. The van der Waals surface area contributed by atoms with Crippen molar-refractivity contribution in [3.05, 3.63) is 41.8 Å². The Morgan fingerprint density at radius 1 is 1.45 bits per heavy atom. The van der Waals surface area contributed by atoms with Gasteiger partial charge in [0.1, 0.15) is 22.9 Å². The van der Waals surface area contributed by atoms with Gasteiger partial charge in [-0.1, -0.05) is 6.07 Å². The molecule has 1 aliphatic rings. The smallest absolute Gasteiger partial charge is 0.263 e. The molecule has 1 amide bonds. The van der Waals surface area contributed by atoms with Gasteiger partial charge in [-0.05, 0) is 30.9 Å². The third-order valence-electron chi connectivity index (χ3n) is 3.30. The van der Waals surface area contributed by atoms with E-state index in [2.05, 4.69) is 10.4 Å².